The van der Waals surface area contributed by atoms with Crippen LogP contribution in [0.5, 0.6) is 0 Å². The molecule has 1 fully saturated rings. The van der Waals surface area contributed by atoms with Crippen LogP contribution >= 0.6 is 0 Å². The van der Waals surface area contributed by atoms with Crippen molar-refractivity contribution in [2.75, 3.05) is 12.3 Å². The van der Waals surface area contributed by atoms with Gasteiger partial charge < -0.3 is 34.7 Å². The molecular formula is C24H38N4O9. The van der Waals surface area contributed by atoms with Gasteiger partial charge in [0.25, 0.3) is 0 Å². The molecular weight excluding hydrogens is 488 g/mol. The first-order valence-electron chi connectivity index (χ1n) is 12.0. The molecule has 3 N–H and O–H groups in total. The Morgan fingerprint density at radius 1 is 1.16 bits per heavy atom. The lowest BCUT2D eigenvalue weighted by molar-refractivity contribution is -0.157. The van der Waals surface area contributed by atoms with Gasteiger partial charge in [0.2, 0.25) is 0 Å². The minimum atomic E-state index is -1.03. The van der Waals surface area contributed by atoms with Gasteiger partial charge in [-0.15, -0.1) is 0 Å². The minimum absolute atomic E-state index is 0.0417. The summed E-state index contributed by atoms with van der Waals surface area (Å²) in [5, 5.41) is 2.53. The molecule has 1 unspecified atom stereocenters. The molecule has 1 amide bonds. The fourth-order valence-electron chi connectivity index (χ4n) is 3.37. The van der Waals surface area contributed by atoms with Gasteiger partial charge >= 0.3 is 23.9 Å². The number of carbonyl (C=O) groups is 3. The largest absolute Gasteiger partial charge is 0.508 e. The number of alkyl carbamates (subject to hydrolysis) is 1. The van der Waals surface area contributed by atoms with E-state index in [9.17, 15) is 19.2 Å². The lowest BCUT2D eigenvalue weighted by Crippen LogP contribution is -2.48. The van der Waals surface area contributed by atoms with E-state index >= 15 is 0 Å². The topological polar surface area (TPSA) is 170 Å². The van der Waals surface area contributed by atoms with Gasteiger partial charge in [-0.3, -0.25) is 4.57 Å². The highest BCUT2D eigenvalue weighted by molar-refractivity contribution is 5.81. The molecule has 1 aromatic rings. The van der Waals surface area contributed by atoms with E-state index in [1.54, 1.807) is 55.4 Å². The van der Waals surface area contributed by atoms with Crippen LogP contribution in [-0.2, 0) is 28.5 Å². The van der Waals surface area contributed by atoms with Crippen LogP contribution in [0.4, 0.5) is 15.4 Å². The highest BCUT2D eigenvalue weighted by Crippen LogP contribution is 2.31. The third-order valence-corrected chi connectivity index (χ3v) is 4.96. The Morgan fingerprint density at radius 2 is 1.78 bits per heavy atom. The molecule has 0 aromatic carbocycles. The predicted molar refractivity (Wildman–Crippen MR) is 131 cm³/mol. The van der Waals surface area contributed by atoms with Crippen molar-refractivity contribution in [3.8, 4) is 0 Å². The molecule has 4 atom stereocenters. The highest BCUT2D eigenvalue weighted by Gasteiger charge is 2.42. The monoisotopic (exact) mass is 526 g/mol. The van der Waals surface area contributed by atoms with Crippen molar-refractivity contribution in [1.29, 1.82) is 0 Å². The first-order chi connectivity index (χ1) is 16.9. The summed E-state index contributed by atoms with van der Waals surface area (Å²) in [7, 11) is 0. The highest BCUT2D eigenvalue weighted by atomic mass is 16.7. The summed E-state index contributed by atoms with van der Waals surface area (Å²) >= 11 is 0. The Kier molecular flexibility index (Phi) is 9.53. The number of nitrogens with two attached hydrogens (primary N) is 1. The molecule has 2 heterocycles. The average Bonchev–Trinajstić information content (AvgIpc) is 3.09. The van der Waals surface area contributed by atoms with Crippen LogP contribution in [-0.4, -0.2) is 63.8 Å². The van der Waals surface area contributed by atoms with E-state index in [2.05, 4.69) is 10.3 Å². The second-order valence-corrected chi connectivity index (χ2v) is 11.0. The quantitative estimate of drug-likeness (QED) is 0.395. The maximum atomic E-state index is 13.1. The summed E-state index contributed by atoms with van der Waals surface area (Å²) in [6.07, 6.45) is -2.97. The van der Waals surface area contributed by atoms with Crippen LogP contribution in [0.15, 0.2) is 17.1 Å². The molecule has 37 heavy (non-hydrogen) atoms. The fraction of sp³-hybridized carbons (Fsp3) is 0.708. The molecule has 2 rings (SSSR count). The van der Waals surface area contributed by atoms with E-state index < -0.39 is 59.6 Å². The number of rotatable bonds is 7. The summed E-state index contributed by atoms with van der Waals surface area (Å²) in [5.41, 5.74) is 3.38. The Morgan fingerprint density at radius 3 is 2.32 bits per heavy atom. The van der Waals surface area contributed by atoms with Gasteiger partial charge in [0.15, 0.2) is 0 Å². The SMILES string of the molecule is CC(C)[C@@H](NC(=O)OC(C)(C)C)C(=O)OC1C[C@@H](n2ccc(N)nc2=O)O[C@H]1COC(=O)OC(C)(C)C. The summed E-state index contributed by atoms with van der Waals surface area (Å²) in [6, 6.07) is 0.401. The third-order valence-electron chi connectivity index (χ3n) is 4.96. The summed E-state index contributed by atoms with van der Waals surface area (Å²) < 4.78 is 28.4. The molecule has 1 aliphatic rings. The smallest absolute Gasteiger partial charge is 0.458 e. The van der Waals surface area contributed by atoms with Crippen molar-refractivity contribution in [2.45, 2.75) is 97.5 Å². The minimum Gasteiger partial charge on any atom is -0.458 e. The summed E-state index contributed by atoms with van der Waals surface area (Å²) in [5.74, 6) is -1.03. The van der Waals surface area contributed by atoms with Gasteiger partial charge in [0, 0.05) is 12.6 Å². The van der Waals surface area contributed by atoms with Gasteiger partial charge in [-0.1, -0.05) is 13.8 Å². The van der Waals surface area contributed by atoms with Crippen LogP contribution in [0, 0.1) is 5.92 Å². The van der Waals surface area contributed by atoms with Gasteiger partial charge in [0.1, 0.15) is 48.1 Å². The fourth-order valence-corrected chi connectivity index (χ4v) is 3.37. The third kappa shape index (κ3) is 9.56. The number of hydrogen-bond acceptors (Lipinski definition) is 11. The number of carbonyl (C=O) groups excluding carboxylic acids is 3. The normalized spacial score (nSPS) is 20.7. The standard InChI is InChI=1S/C24H38N4O9/c1-13(2)18(27-21(31)36-23(3,4)5)19(29)35-14-11-17(28-10-9-16(25)26-20(28)30)34-15(14)12-33-22(32)37-24(6,7)8/h9-10,13-15,17-18H,11-12H2,1-8H3,(H,27,31)(H2,25,26,30)/t14?,15-,17-,18+/m0/s1. The van der Waals surface area contributed by atoms with E-state index in [0.717, 1.165) is 0 Å². The Hall–Kier alpha value is -3.35. The van der Waals surface area contributed by atoms with Gasteiger partial charge in [-0.25, -0.2) is 19.2 Å². The number of anilines is 1. The zero-order valence-electron chi connectivity index (χ0n) is 22.6. The molecule has 1 aliphatic heterocycles. The number of hydrogen-bond donors (Lipinski definition) is 2. The summed E-state index contributed by atoms with van der Waals surface area (Å²) in [4.78, 5) is 53.5. The van der Waals surface area contributed by atoms with Crippen LogP contribution in [0.1, 0.15) is 68.0 Å². The first-order valence-corrected chi connectivity index (χ1v) is 12.0. The van der Waals surface area contributed by atoms with Crippen molar-refractivity contribution >= 4 is 24.0 Å². The maximum absolute atomic E-state index is 13.1. The average molecular weight is 527 g/mol. The number of nitrogens with zero attached hydrogens (tertiary/aromatic N) is 2. The van der Waals surface area contributed by atoms with E-state index in [4.69, 9.17) is 29.4 Å². The zero-order valence-corrected chi connectivity index (χ0v) is 22.6. The van der Waals surface area contributed by atoms with Crippen LogP contribution in [0.3, 0.4) is 0 Å². The second-order valence-electron chi connectivity index (χ2n) is 11.0. The molecule has 0 bridgehead atoms. The Labute approximate surface area is 215 Å². The lowest BCUT2D eigenvalue weighted by Gasteiger charge is -2.26. The van der Waals surface area contributed by atoms with Gasteiger partial charge in [-0.05, 0) is 53.5 Å². The molecule has 0 aliphatic carbocycles. The number of esters is 1. The number of nitrogen functional groups attached to an aromatic ring is 1. The number of amides is 1. The van der Waals surface area contributed by atoms with E-state index in [1.807, 2.05) is 0 Å². The van der Waals surface area contributed by atoms with E-state index in [-0.39, 0.29) is 24.8 Å². The first kappa shape index (κ1) is 29.9. The molecule has 0 saturated carbocycles. The Balaban J connectivity index is 2.19. The molecule has 13 nitrogen and oxygen atoms in total. The van der Waals surface area contributed by atoms with Crippen LogP contribution in [0.25, 0.3) is 0 Å². The van der Waals surface area contributed by atoms with Crippen molar-refractivity contribution in [1.82, 2.24) is 14.9 Å². The molecule has 1 saturated heterocycles. The van der Waals surface area contributed by atoms with Crippen molar-refractivity contribution < 1.29 is 38.1 Å². The number of nitrogens with one attached hydrogen (secondary N) is 1. The zero-order chi connectivity index (χ0) is 28.1. The molecule has 0 spiro atoms. The number of ether oxygens (including phenoxy) is 5. The van der Waals surface area contributed by atoms with E-state index in [1.165, 1.54) is 16.8 Å². The summed E-state index contributed by atoms with van der Waals surface area (Å²) in [6.45, 7) is 13.3. The maximum Gasteiger partial charge on any atom is 0.508 e. The van der Waals surface area contributed by atoms with Crippen molar-refractivity contribution in [3.63, 3.8) is 0 Å². The predicted octanol–water partition coefficient (Wildman–Crippen LogP) is 2.53. The lowest BCUT2D eigenvalue weighted by atomic mass is 10.0. The van der Waals surface area contributed by atoms with Gasteiger partial charge in [0.05, 0.1) is 0 Å². The second kappa shape index (κ2) is 11.8. The van der Waals surface area contributed by atoms with Crippen LogP contribution in [0.2, 0.25) is 0 Å². The number of aromatic nitrogens is 2. The molecule has 0 radical (unpaired) electrons. The van der Waals surface area contributed by atoms with E-state index in [0.29, 0.717) is 0 Å². The molecule has 208 valence electrons. The molecule has 13 heteroatoms. The van der Waals surface area contributed by atoms with Crippen molar-refractivity contribution in [2.24, 2.45) is 5.92 Å². The Bertz CT molecular complexity index is 1030. The van der Waals surface area contributed by atoms with Crippen molar-refractivity contribution in [3.05, 3.63) is 22.7 Å². The van der Waals surface area contributed by atoms with Crippen LogP contribution < -0.4 is 16.7 Å². The molecule has 1 aromatic heterocycles. The van der Waals surface area contributed by atoms with Gasteiger partial charge in [-0.2, -0.15) is 4.98 Å².